The topological polar surface area (TPSA) is 49.4 Å². The highest BCUT2D eigenvalue weighted by Gasteiger charge is 2.22. The molecule has 0 fully saturated rings. The first kappa shape index (κ1) is 18.2. The zero-order valence-corrected chi connectivity index (χ0v) is 16.2. The monoisotopic (exact) mass is 380 g/mol. The van der Waals surface area contributed by atoms with Crippen LogP contribution in [0.4, 0.5) is 0 Å². The molecule has 0 saturated carbocycles. The van der Waals surface area contributed by atoms with E-state index in [2.05, 4.69) is 40.8 Å². The number of nitrogens with one attached hydrogen (secondary N) is 1. The molecule has 0 aromatic heterocycles. The highest BCUT2D eigenvalue weighted by molar-refractivity contribution is 7.89. The van der Waals surface area contributed by atoms with E-state index in [0.29, 0.717) is 11.4 Å². The van der Waals surface area contributed by atoms with Gasteiger partial charge in [0, 0.05) is 25.7 Å². The van der Waals surface area contributed by atoms with Gasteiger partial charge < -0.3 is 0 Å². The summed E-state index contributed by atoms with van der Waals surface area (Å²) < 4.78 is 28.3. The molecule has 0 amide bonds. The van der Waals surface area contributed by atoms with Gasteiger partial charge in [-0.2, -0.15) is 0 Å². The molecule has 1 aliphatic rings. The predicted molar refractivity (Wildman–Crippen MR) is 109 cm³/mol. The van der Waals surface area contributed by atoms with Gasteiger partial charge in [0.2, 0.25) is 10.0 Å². The third-order valence-corrected chi connectivity index (χ3v) is 6.80. The Morgan fingerprint density at radius 2 is 1.67 bits per heavy atom. The molecule has 1 heterocycles. The molecule has 1 N–H and O–H groups in total. The normalized spacial score (nSPS) is 16.2. The van der Waals surface area contributed by atoms with Crippen molar-refractivity contribution in [2.75, 3.05) is 13.1 Å². The smallest absolute Gasteiger partial charge is 0.240 e. The molecule has 4 nitrogen and oxygen atoms in total. The second-order valence-corrected chi connectivity index (χ2v) is 8.97. The Morgan fingerprint density at radius 1 is 0.963 bits per heavy atom. The van der Waals surface area contributed by atoms with Crippen LogP contribution in [0.2, 0.25) is 0 Å². The molecule has 1 unspecified atom stereocenters. The van der Waals surface area contributed by atoms with Crippen molar-refractivity contribution in [3.8, 4) is 0 Å². The van der Waals surface area contributed by atoms with E-state index in [4.69, 9.17) is 0 Å². The highest BCUT2D eigenvalue weighted by atomic mass is 32.2. The fourth-order valence-electron chi connectivity index (χ4n) is 3.67. The van der Waals surface area contributed by atoms with Crippen LogP contribution in [-0.2, 0) is 23.0 Å². The van der Waals surface area contributed by atoms with Crippen LogP contribution in [0.3, 0.4) is 0 Å². The lowest BCUT2D eigenvalue weighted by molar-refractivity contribution is 0.192. The van der Waals surface area contributed by atoms with Gasteiger partial charge in [0.1, 0.15) is 0 Å². The zero-order valence-electron chi connectivity index (χ0n) is 15.4. The van der Waals surface area contributed by atoms with Crippen molar-refractivity contribution in [3.05, 3.63) is 77.9 Å². The Kier molecular flexibility index (Phi) is 5.00. The molecular weight excluding hydrogens is 356 g/mol. The lowest BCUT2D eigenvalue weighted by Gasteiger charge is -2.33. The van der Waals surface area contributed by atoms with Crippen LogP contribution in [0.5, 0.6) is 0 Å². The lowest BCUT2D eigenvalue weighted by atomic mass is 9.99. The maximum atomic E-state index is 12.7. The van der Waals surface area contributed by atoms with Crippen molar-refractivity contribution in [1.29, 1.82) is 0 Å². The van der Waals surface area contributed by atoms with Gasteiger partial charge in [0.25, 0.3) is 0 Å². The van der Waals surface area contributed by atoms with E-state index in [1.165, 1.54) is 11.1 Å². The number of hydrogen-bond donors (Lipinski definition) is 1. The molecule has 140 valence electrons. The van der Waals surface area contributed by atoms with Crippen molar-refractivity contribution in [2.45, 2.75) is 30.8 Å². The summed E-state index contributed by atoms with van der Waals surface area (Å²) in [5, 5.41) is 1.97. The predicted octanol–water partition coefficient (Wildman–Crippen LogP) is 3.56. The summed E-state index contributed by atoms with van der Waals surface area (Å²) in [7, 11) is -3.52. The number of fused-ring (bicyclic) bond motifs is 2. The van der Waals surface area contributed by atoms with E-state index in [-0.39, 0.29) is 6.04 Å². The van der Waals surface area contributed by atoms with Crippen molar-refractivity contribution in [2.24, 2.45) is 0 Å². The van der Waals surface area contributed by atoms with E-state index < -0.39 is 10.0 Å². The Balaban J connectivity index is 1.44. The third-order valence-electron chi connectivity index (χ3n) is 5.38. The molecule has 5 heteroatoms. The summed E-state index contributed by atoms with van der Waals surface area (Å²) in [6, 6.07) is 21.7. The lowest BCUT2D eigenvalue weighted by Crippen LogP contribution is -2.44. The average molecular weight is 381 g/mol. The zero-order chi connectivity index (χ0) is 18.9. The third kappa shape index (κ3) is 3.90. The van der Waals surface area contributed by atoms with Crippen LogP contribution in [0.15, 0.2) is 71.6 Å². The molecule has 0 aliphatic carbocycles. The molecule has 0 bridgehead atoms. The van der Waals surface area contributed by atoms with E-state index in [1.807, 2.05) is 30.3 Å². The molecule has 4 rings (SSSR count). The quantitative estimate of drug-likeness (QED) is 0.736. The van der Waals surface area contributed by atoms with Gasteiger partial charge in [-0.05, 0) is 47.4 Å². The SMILES string of the molecule is CC(CNS(=O)(=O)c1ccc2ccccc2c1)N1CCc2ccccc2C1. The number of nitrogens with zero attached hydrogens (tertiary/aromatic N) is 1. The van der Waals surface area contributed by atoms with Crippen molar-refractivity contribution in [3.63, 3.8) is 0 Å². The number of benzene rings is 3. The first-order valence-electron chi connectivity index (χ1n) is 9.32. The molecule has 0 spiro atoms. The van der Waals surface area contributed by atoms with Crippen LogP contribution in [0.25, 0.3) is 10.8 Å². The highest BCUT2D eigenvalue weighted by Crippen LogP contribution is 2.21. The average Bonchev–Trinajstić information content (AvgIpc) is 2.71. The van der Waals surface area contributed by atoms with Gasteiger partial charge in [0.15, 0.2) is 0 Å². The molecular formula is C22H24N2O2S. The summed E-state index contributed by atoms with van der Waals surface area (Å²) >= 11 is 0. The number of sulfonamides is 1. The number of hydrogen-bond acceptors (Lipinski definition) is 3. The fourth-order valence-corrected chi connectivity index (χ4v) is 4.83. The van der Waals surface area contributed by atoms with Gasteiger partial charge in [-0.3, -0.25) is 4.90 Å². The van der Waals surface area contributed by atoms with Gasteiger partial charge in [-0.15, -0.1) is 0 Å². The van der Waals surface area contributed by atoms with Crippen molar-refractivity contribution < 1.29 is 8.42 Å². The largest absolute Gasteiger partial charge is 0.295 e. The molecule has 1 atom stereocenters. The van der Waals surface area contributed by atoms with Crippen LogP contribution in [0.1, 0.15) is 18.1 Å². The van der Waals surface area contributed by atoms with Crippen LogP contribution < -0.4 is 4.72 Å². The summed E-state index contributed by atoms with van der Waals surface area (Å²) in [4.78, 5) is 2.66. The van der Waals surface area contributed by atoms with Gasteiger partial charge >= 0.3 is 0 Å². The second-order valence-electron chi connectivity index (χ2n) is 7.20. The van der Waals surface area contributed by atoms with E-state index in [1.54, 1.807) is 12.1 Å². The molecule has 27 heavy (non-hydrogen) atoms. The summed E-state index contributed by atoms with van der Waals surface area (Å²) in [6.07, 6.45) is 1.01. The van der Waals surface area contributed by atoms with E-state index >= 15 is 0 Å². The molecule has 1 aliphatic heterocycles. The first-order valence-corrected chi connectivity index (χ1v) is 10.8. The molecule has 3 aromatic rings. The van der Waals surface area contributed by atoms with Gasteiger partial charge in [-0.1, -0.05) is 54.6 Å². The maximum Gasteiger partial charge on any atom is 0.240 e. The van der Waals surface area contributed by atoms with Gasteiger partial charge in [0.05, 0.1) is 4.90 Å². The standard InChI is InChI=1S/C22H24N2O2S/c1-17(24-13-12-19-7-3-5-9-21(19)16-24)15-23-27(25,26)22-11-10-18-6-2-4-8-20(18)14-22/h2-11,14,17,23H,12-13,15-16H2,1H3. The van der Waals surface area contributed by atoms with Crippen LogP contribution in [0, 0.1) is 0 Å². The Labute approximate surface area is 160 Å². The minimum atomic E-state index is -3.52. The maximum absolute atomic E-state index is 12.7. The summed E-state index contributed by atoms with van der Waals surface area (Å²) in [6.45, 7) is 4.30. The first-order chi connectivity index (χ1) is 13.0. The van der Waals surface area contributed by atoms with Crippen LogP contribution >= 0.6 is 0 Å². The van der Waals surface area contributed by atoms with E-state index in [0.717, 1.165) is 30.3 Å². The van der Waals surface area contributed by atoms with Gasteiger partial charge in [-0.25, -0.2) is 13.1 Å². The minimum absolute atomic E-state index is 0.133. The Morgan fingerprint density at radius 3 is 2.48 bits per heavy atom. The van der Waals surface area contributed by atoms with Crippen molar-refractivity contribution in [1.82, 2.24) is 9.62 Å². The van der Waals surface area contributed by atoms with Crippen molar-refractivity contribution >= 4 is 20.8 Å². The second kappa shape index (κ2) is 7.43. The van der Waals surface area contributed by atoms with Crippen LogP contribution in [-0.4, -0.2) is 32.4 Å². The minimum Gasteiger partial charge on any atom is -0.295 e. The Bertz CT molecular complexity index is 1060. The number of rotatable bonds is 5. The Hall–Kier alpha value is -2.21. The molecule has 0 radical (unpaired) electrons. The molecule has 3 aromatic carbocycles. The summed E-state index contributed by atoms with van der Waals surface area (Å²) in [5.41, 5.74) is 2.74. The molecule has 0 saturated heterocycles. The van der Waals surface area contributed by atoms with E-state index in [9.17, 15) is 8.42 Å². The fraction of sp³-hybridized carbons (Fsp3) is 0.273. The summed E-state index contributed by atoms with van der Waals surface area (Å²) in [5.74, 6) is 0.